The van der Waals surface area contributed by atoms with Gasteiger partial charge in [-0.2, -0.15) is 0 Å². The Hall–Kier alpha value is -2.00. The Bertz CT molecular complexity index is 945. The number of hydrogen-bond acceptors (Lipinski definition) is 2. The van der Waals surface area contributed by atoms with E-state index in [0.717, 1.165) is 66.9 Å². The SMILES string of the molecule is CC#Cc1ccc(N=C(CCCCC)C(CCCC)=Nc2cccc(CCCCC)c2)cc1.[Pd]. The number of aryl methyl sites for hydroxylation is 1. The van der Waals surface area contributed by atoms with E-state index in [1.54, 1.807) is 0 Å². The van der Waals surface area contributed by atoms with Crippen LogP contribution >= 0.6 is 0 Å². The molecule has 0 atom stereocenters. The van der Waals surface area contributed by atoms with Gasteiger partial charge < -0.3 is 0 Å². The molecule has 2 aromatic rings. The van der Waals surface area contributed by atoms with Crippen LogP contribution in [0.25, 0.3) is 0 Å². The van der Waals surface area contributed by atoms with E-state index in [1.807, 2.05) is 6.92 Å². The molecule has 0 amide bonds. The third-order valence-corrected chi connectivity index (χ3v) is 5.76. The topological polar surface area (TPSA) is 24.7 Å². The van der Waals surface area contributed by atoms with E-state index in [1.165, 1.54) is 37.7 Å². The molecular weight excluding hydrogens is 507 g/mol. The summed E-state index contributed by atoms with van der Waals surface area (Å²) in [4.78, 5) is 10.3. The maximum atomic E-state index is 5.17. The summed E-state index contributed by atoms with van der Waals surface area (Å²) < 4.78 is 0. The van der Waals surface area contributed by atoms with Crippen LogP contribution in [0.3, 0.4) is 0 Å². The van der Waals surface area contributed by atoms with Gasteiger partial charge in [-0.1, -0.05) is 70.9 Å². The molecule has 2 nitrogen and oxygen atoms in total. The second-order valence-electron chi connectivity index (χ2n) is 8.73. The van der Waals surface area contributed by atoms with E-state index in [4.69, 9.17) is 9.98 Å². The Balaban J connectivity index is 0.00000578. The zero-order valence-corrected chi connectivity index (χ0v) is 23.2. The molecule has 0 saturated carbocycles. The Morgan fingerprint density at radius 1 is 0.706 bits per heavy atom. The molecule has 0 aromatic heterocycles. The predicted octanol–water partition coefficient (Wildman–Crippen LogP) is 9.40. The minimum atomic E-state index is 0. The first kappa shape index (κ1) is 30.0. The number of unbranched alkanes of at least 4 members (excludes halogenated alkanes) is 5. The Labute approximate surface area is 222 Å². The molecule has 0 aliphatic carbocycles. The van der Waals surface area contributed by atoms with Gasteiger partial charge in [0, 0.05) is 26.0 Å². The largest absolute Gasteiger partial charge is 0.252 e. The van der Waals surface area contributed by atoms with Crippen molar-refractivity contribution in [1.82, 2.24) is 0 Å². The normalized spacial score (nSPS) is 11.5. The van der Waals surface area contributed by atoms with Gasteiger partial charge in [-0.3, -0.25) is 9.98 Å². The van der Waals surface area contributed by atoms with Gasteiger partial charge in [0.25, 0.3) is 0 Å². The van der Waals surface area contributed by atoms with Crippen molar-refractivity contribution in [3.63, 3.8) is 0 Å². The van der Waals surface area contributed by atoms with Crippen LogP contribution < -0.4 is 0 Å². The molecule has 0 bridgehead atoms. The zero-order chi connectivity index (χ0) is 23.7. The maximum Gasteiger partial charge on any atom is 0.0636 e. The first-order chi connectivity index (χ1) is 16.2. The first-order valence-corrected chi connectivity index (χ1v) is 13.0. The average molecular weight is 549 g/mol. The van der Waals surface area contributed by atoms with E-state index in [0.29, 0.717) is 0 Å². The Morgan fingerprint density at radius 2 is 1.32 bits per heavy atom. The second kappa shape index (κ2) is 18.3. The van der Waals surface area contributed by atoms with Crippen molar-refractivity contribution in [2.45, 2.75) is 98.3 Å². The van der Waals surface area contributed by atoms with Crippen LogP contribution in [0.1, 0.15) is 103 Å². The molecule has 0 aliphatic heterocycles. The quantitative estimate of drug-likeness (QED) is 0.0972. The molecule has 34 heavy (non-hydrogen) atoms. The zero-order valence-electron chi connectivity index (χ0n) is 21.6. The first-order valence-electron chi connectivity index (χ1n) is 13.0. The van der Waals surface area contributed by atoms with Gasteiger partial charge in [0.1, 0.15) is 0 Å². The van der Waals surface area contributed by atoms with E-state index in [-0.39, 0.29) is 20.4 Å². The van der Waals surface area contributed by atoms with Gasteiger partial charge in [-0.25, -0.2) is 0 Å². The van der Waals surface area contributed by atoms with Crippen LogP contribution in [0.4, 0.5) is 11.4 Å². The number of nitrogens with zero attached hydrogens (tertiary/aromatic N) is 2. The van der Waals surface area contributed by atoms with Crippen molar-refractivity contribution in [1.29, 1.82) is 0 Å². The van der Waals surface area contributed by atoms with Gasteiger partial charge in [0.05, 0.1) is 22.8 Å². The molecule has 3 heteroatoms. The van der Waals surface area contributed by atoms with Crippen molar-refractivity contribution in [2.75, 3.05) is 0 Å². The van der Waals surface area contributed by atoms with Gasteiger partial charge in [0.2, 0.25) is 0 Å². The summed E-state index contributed by atoms with van der Waals surface area (Å²) in [5, 5.41) is 0. The van der Waals surface area contributed by atoms with E-state index >= 15 is 0 Å². The molecule has 2 aromatic carbocycles. The summed E-state index contributed by atoms with van der Waals surface area (Å²) in [7, 11) is 0. The molecule has 2 rings (SSSR count). The Morgan fingerprint density at radius 3 is 1.97 bits per heavy atom. The fraction of sp³-hybridized carbons (Fsp3) is 0.484. The molecule has 186 valence electrons. The summed E-state index contributed by atoms with van der Waals surface area (Å²) in [5.74, 6) is 6.08. The summed E-state index contributed by atoms with van der Waals surface area (Å²) in [6, 6.07) is 17.1. The summed E-state index contributed by atoms with van der Waals surface area (Å²) in [6.07, 6.45) is 12.7. The molecule has 0 saturated heterocycles. The van der Waals surface area contributed by atoms with Crippen LogP contribution in [-0.2, 0) is 26.8 Å². The monoisotopic (exact) mass is 548 g/mol. The van der Waals surface area contributed by atoms with Gasteiger partial charge in [-0.15, -0.1) is 5.92 Å². The van der Waals surface area contributed by atoms with Gasteiger partial charge in [0.15, 0.2) is 0 Å². The standard InChI is InChI=1S/C31H42N2.Pd/c1-5-9-12-16-27-17-14-18-29(25-27)33-30(19-11-7-3)31(20-13-10-6-2)32-28-23-21-26(15-8-4)22-24-28;/h14,17-18,21-25H,5-7,9-13,16,19-20H2,1-4H3;. The molecule has 0 unspecified atom stereocenters. The van der Waals surface area contributed by atoms with E-state index < -0.39 is 0 Å². The van der Waals surface area contributed by atoms with Crippen LogP contribution in [0, 0.1) is 11.8 Å². The van der Waals surface area contributed by atoms with Gasteiger partial charge in [-0.05, 0) is 87.4 Å². The molecule has 0 N–H and O–H groups in total. The fourth-order valence-corrected chi connectivity index (χ4v) is 3.85. The molecule has 0 heterocycles. The average Bonchev–Trinajstić information content (AvgIpc) is 2.83. The van der Waals surface area contributed by atoms with Crippen LogP contribution in [0.15, 0.2) is 58.5 Å². The molecule has 0 radical (unpaired) electrons. The number of benzene rings is 2. The van der Waals surface area contributed by atoms with E-state index in [2.05, 4.69) is 81.1 Å². The minimum absolute atomic E-state index is 0. The van der Waals surface area contributed by atoms with E-state index in [9.17, 15) is 0 Å². The number of hydrogen-bond donors (Lipinski definition) is 0. The third-order valence-electron chi connectivity index (χ3n) is 5.76. The number of aliphatic imine (C=N–C) groups is 2. The van der Waals surface area contributed by atoms with Crippen molar-refractivity contribution >= 4 is 22.8 Å². The van der Waals surface area contributed by atoms with Crippen molar-refractivity contribution < 1.29 is 20.4 Å². The maximum absolute atomic E-state index is 5.17. The number of rotatable bonds is 14. The summed E-state index contributed by atoms with van der Waals surface area (Å²) >= 11 is 0. The van der Waals surface area contributed by atoms with Crippen molar-refractivity contribution in [3.05, 3.63) is 59.7 Å². The van der Waals surface area contributed by atoms with Crippen LogP contribution in [-0.4, -0.2) is 11.4 Å². The Kier molecular flexibility index (Phi) is 16.2. The van der Waals surface area contributed by atoms with Crippen molar-refractivity contribution in [3.8, 4) is 11.8 Å². The second-order valence-corrected chi connectivity index (χ2v) is 8.73. The van der Waals surface area contributed by atoms with Crippen LogP contribution in [0.5, 0.6) is 0 Å². The molecule has 0 fully saturated rings. The molecular formula is C31H42N2Pd. The summed E-state index contributed by atoms with van der Waals surface area (Å²) in [5.41, 5.74) is 6.76. The fourth-order valence-electron chi connectivity index (χ4n) is 3.85. The minimum Gasteiger partial charge on any atom is -0.252 e. The smallest absolute Gasteiger partial charge is 0.0636 e. The van der Waals surface area contributed by atoms with Crippen molar-refractivity contribution in [2.24, 2.45) is 9.98 Å². The predicted molar refractivity (Wildman–Crippen MR) is 147 cm³/mol. The molecule has 0 aliphatic rings. The molecule has 0 spiro atoms. The van der Waals surface area contributed by atoms with Gasteiger partial charge >= 0.3 is 0 Å². The van der Waals surface area contributed by atoms with Crippen LogP contribution in [0.2, 0.25) is 0 Å². The third kappa shape index (κ3) is 11.4. The summed E-state index contributed by atoms with van der Waals surface area (Å²) in [6.45, 7) is 8.62.